The van der Waals surface area contributed by atoms with Crippen LogP contribution in [0.1, 0.15) is 82.4 Å². The summed E-state index contributed by atoms with van der Waals surface area (Å²) in [6, 6.07) is 49.0. The molecule has 2 aliphatic rings. The molecule has 0 N–H and O–H groups in total. The molecule has 0 aliphatic heterocycles. The van der Waals surface area contributed by atoms with Crippen LogP contribution in [-0.2, 0) is 17.1 Å². The van der Waals surface area contributed by atoms with Gasteiger partial charge < -0.3 is 30.3 Å². The van der Waals surface area contributed by atoms with Crippen LogP contribution < -0.4 is 15.9 Å². The zero-order valence-corrected chi connectivity index (χ0v) is 29.6. The van der Waals surface area contributed by atoms with Crippen molar-refractivity contribution in [2.45, 2.75) is 88.1 Å². The first-order valence-corrected chi connectivity index (χ1v) is 19.9. The zero-order valence-electron chi connectivity index (χ0n) is 26.8. The molecule has 0 heterocycles. The minimum absolute atomic E-state index is 0. The first-order valence-electron chi connectivity index (χ1n) is 17.0. The molecule has 5 aromatic rings. The summed E-state index contributed by atoms with van der Waals surface area (Å²) < 4.78 is 0. The number of hydrogen-bond donors (Lipinski definition) is 0. The number of benzene rings is 3. The zero-order chi connectivity index (χ0) is 30.0. The van der Waals surface area contributed by atoms with Crippen LogP contribution in [0.25, 0.3) is 11.1 Å². The quantitative estimate of drug-likeness (QED) is 0.0876. The maximum Gasteiger partial charge on any atom is 0 e. The maximum absolute atomic E-state index is 2.62. The van der Waals surface area contributed by atoms with Crippen molar-refractivity contribution in [1.29, 1.82) is 0 Å². The van der Waals surface area contributed by atoms with Crippen molar-refractivity contribution in [3.63, 3.8) is 0 Å². The van der Waals surface area contributed by atoms with E-state index in [1.54, 1.807) is 5.56 Å². The van der Waals surface area contributed by atoms with E-state index in [4.69, 9.17) is 0 Å². The van der Waals surface area contributed by atoms with Crippen molar-refractivity contribution in [1.82, 2.24) is 0 Å². The van der Waals surface area contributed by atoms with E-state index in [9.17, 15) is 0 Å². The third-order valence-electron chi connectivity index (χ3n) is 9.76. The molecule has 2 fully saturated rings. The monoisotopic (exact) mass is 670 g/mol. The Morgan fingerprint density at radius 2 is 1.04 bits per heavy atom. The summed E-state index contributed by atoms with van der Waals surface area (Å²) in [5.74, 6) is 0. The molecule has 45 heavy (non-hydrogen) atoms. The van der Waals surface area contributed by atoms with Gasteiger partial charge in [0.05, 0.1) is 0 Å². The van der Waals surface area contributed by atoms with Crippen LogP contribution in [0.2, 0.25) is 0 Å². The summed E-state index contributed by atoms with van der Waals surface area (Å²) in [5.41, 5.74) is 7.18. The van der Waals surface area contributed by atoms with Gasteiger partial charge in [0, 0.05) is 17.1 Å². The molecule has 0 bridgehead atoms. The molecule has 1 atom stereocenters. The second-order valence-electron chi connectivity index (χ2n) is 12.6. The summed E-state index contributed by atoms with van der Waals surface area (Å²) in [4.78, 5) is 0. The third kappa shape index (κ3) is 8.56. The molecular weight excluding hydrogens is 622 g/mol. The van der Waals surface area contributed by atoms with Crippen molar-refractivity contribution in [3.05, 3.63) is 139 Å². The molecule has 0 spiro atoms. The Bertz CT molecular complexity index is 1420. The predicted octanol–water partition coefficient (Wildman–Crippen LogP) is 11.4. The van der Waals surface area contributed by atoms with Gasteiger partial charge in [-0.1, -0.05) is 136 Å². The molecule has 0 nitrogen and oxygen atoms in total. The standard InChI is InChI=1S/C37H43P2.C5H5.Fe/c1-29(38(30-17-6-2-7-18-30)31-19-8-3-9-20-31)34-26-16-27-35(34)36-25-14-15-28-37(36)39(32-21-10-4-11-22-32)33-23-12-5-13-24-33;1-2-4-5-3-1;/h4-5,10-16,21-31H,2-3,6-9,17-20H2,1H3;1-5H;/q-1;-5;/t29-;;/m1../s1. The minimum atomic E-state index is -0.637. The topological polar surface area (TPSA) is 0 Å². The summed E-state index contributed by atoms with van der Waals surface area (Å²) >= 11 is 0. The van der Waals surface area contributed by atoms with Crippen LogP contribution in [0, 0.1) is 0 Å². The Kier molecular flexibility index (Phi) is 13.3. The van der Waals surface area contributed by atoms with Gasteiger partial charge in [0.25, 0.3) is 0 Å². The van der Waals surface area contributed by atoms with E-state index in [1.165, 1.54) is 91.2 Å². The van der Waals surface area contributed by atoms with Crippen LogP contribution >= 0.6 is 15.8 Å². The van der Waals surface area contributed by atoms with E-state index in [-0.39, 0.29) is 25.0 Å². The average molecular weight is 671 g/mol. The van der Waals surface area contributed by atoms with Gasteiger partial charge in [-0.2, -0.15) is 12.1 Å². The predicted molar refractivity (Wildman–Crippen MR) is 197 cm³/mol. The van der Waals surface area contributed by atoms with Crippen molar-refractivity contribution < 1.29 is 17.1 Å². The minimum Gasteiger partial charge on any atom is -0.748 e. The fraction of sp³-hybridized carbons (Fsp3) is 0.333. The maximum atomic E-state index is 2.62. The van der Waals surface area contributed by atoms with Crippen molar-refractivity contribution in [3.8, 4) is 11.1 Å². The van der Waals surface area contributed by atoms with E-state index >= 15 is 0 Å². The molecule has 5 aromatic carbocycles. The first-order chi connectivity index (χ1) is 21.8. The van der Waals surface area contributed by atoms with Crippen LogP contribution in [0.5, 0.6) is 0 Å². The molecule has 0 radical (unpaired) electrons. The van der Waals surface area contributed by atoms with E-state index < -0.39 is 7.92 Å². The van der Waals surface area contributed by atoms with Gasteiger partial charge in [-0.05, 0) is 66.5 Å². The second kappa shape index (κ2) is 17.6. The fourth-order valence-corrected chi connectivity index (χ4v) is 14.5. The van der Waals surface area contributed by atoms with E-state index in [0.717, 1.165) is 11.3 Å². The molecule has 2 aliphatic carbocycles. The Labute approximate surface area is 285 Å². The molecule has 0 unspecified atom stereocenters. The molecule has 0 aromatic heterocycles. The number of hydrogen-bond acceptors (Lipinski definition) is 0. The molecule has 240 valence electrons. The normalized spacial score (nSPS) is 16.5. The van der Waals surface area contributed by atoms with Gasteiger partial charge in [-0.15, -0.1) is 25.1 Å². The van der Waals surface area contributed by atoms with Gasteiger partial charge in [0.2, 0.25) is 0 Å². The second-order valence-corrected chi connectivity index (χ2v) is 17.9. The largest absolute Gasteiger partial charge is 0.748 e. The summed E-state index contributed by atoms with van der Waals surface area (Å²) in [5, 5.41) is 4.35. The van der Waals surface area contributed by atoms with Crippen LogP contribution in [0.3, 0.4) is 0 Å². The molecule has 3 heteroatoms. The molecule has 7 rings (SSSR count). The first kappa shape index (κ1) is 34.1. The number of rotatable bonds is 8. The molecular formula is C42H48FeP2-6. The Hall–Kier alpha value is -2.26. The van der Waals surface area contributed by atoms with Crippen molar-refractivity contribution in [2.75, 3.05) is 0 Å². The van der Waals surface area contributed by atoms with Gasteiger partial charge in [0.15, 0.2) is 0 Å². The van der Waals surface area contributed by atoms with Gasteiger partial charge in [-0.3, -0.25) is 0 Å². The van der Waals surface area contributed by atoms with Gasteiger partial charge in [-0.25, -0.2) is 0 Å². The van der Waals surface area contributed by atoms with Crippen molar-refractivity contribution in [2.24, 2.45) is 0 Å². The Morgan fingerprint density at radius 1 is 0.578 bits per heavy atom. The van der Waals surface area contributed by atoms with Crippen LogP contribution in [0.4, 0.5) is 0 Å². The molecule has 0 saturated heterocycles. The van der Waals surface area contributed by atoms with Gasteiger partial charge >= 0.3 is 0 Å². The summed E-state index contributed by atoms with van der Waals surface area (Å²) in [6.45, 7) is 2.62. The van der Waals surface area contributed by atoms with Crippen molar-refractivity contribution >= 4 is 31.8 Å². The van der Waals surface area contributed by atoms with E-state index in [1.807, 2.05) is 30.3 Å². The molecule has 0 amide bonds. The summed E-state index contributed by atoms with van der Waals surface area (Å²) in [7, 11) is -0.660. The summed E-state index contributed by atoms with van der Waals surface area (Å²) in [6.07, 6.45) is 14.6. The molecule has 2 saturated carbocycles. The fourth-order valence-electron chi connectivity index (χ4n) is 7.69. The average Bonchev–Trinajstić information content (AvgIpc) is 3.84. The Morgan fingerprint density at radius 3 is 1.56 bits per heavy atom. The SMILES string of the molecule is C[C@H]([c-]1cccc1-c1ccccc1P(c1ccccc1)c1ccccc1)P(C1CCCCC1)C1CCCCC1.[Fe].[cH-]1[cH-][cH-][cH-][cH-]1. The van der Waals surface area contributed by atoms with Gasteiger partial charge in [0.1, 0.15) is 0 Å². The smallest absolute Gasteiger partial charge is 0 e. The third-order valence-corrected chi connectivity index (χ3v) is 16.2. The van der Waals surface area contributed by atoms with Crippen LogP contribution in [-0.4, -0.2) is 11.3 Å². The van der Waals surface area contributed by atoms with E-state index in [2.05, 4.69) is 110 Å². The Balaban J connectivity index is 0.000000609. The van der Waals surface area contributed by atoms with E-state index in [0.29, 0.717) is 5.66 Å². The van der Waals surface area contributed by atoms with Crippen LogP contribution in [0.15, 0.2) is 133 Å².